The fourth-order valence-corrected chi connectivity index (χ4v) is 2.73. The molecule has 2 N–H and O–H groups in total. The Kier molecular flexibility index (Phi) is 3.50. The van der Waals surface area contributed by atoms with Crippen LogP contribution < -0.4 is 5.32 Å². The van der Waals surface area contributed by atoms with Gasteiger partial charge in [-0.05, 0) is 25.8 Å². The summed E-state index contributed by atoms with van der Waals surface area (Å²) in [5, 5.41) is 13.3. The lowest BCUT2D eigenvalue weighted by Crippen LogP contribution is -2.66. The van der Waals surface area contributed by atoms with E-state index in [9.17, 15) is 9.90 Å². The first-order valence-electron chi connectivity index (χ1n) is 6.39. The van der Waals surface area contributed by atoms with Crippen molar-refractivity contribution >= 4 is 5.91 Å². The van der Waals surface area contributed by atoms with Gasteiger partial charge in [0.1, 0.15) is 0 Å². The number of nitrogens with zero attached hydrogens (tertiary/aromatic N) is 1. The summed E-state index contributed by atoms with van der Waals surface area (Å²) in [7, 11) is 0. The molecule has 2 rings (SSSR count). The molecule has 2 saturated heterocycles. The zero-order valence-electron chi connectivity index (χ0n) is 10.0. The Morgan fingerprint density at radius 2 is 2.25 bits per heavy atom. The molecule has 0 bridgehead atoms. The highest BCUT2D eigenvalue weighted by molar-refractivity contribution is 5.83. The first-order chi connectivity index (χ1) is 7.64. The quantitative estimate of drug-likeness (QED) is 0.737. The van der Waals surface area contributed by atoms with Crippen LogP contribution in [0.25, 0.3) is 0 Å². The van der Waals surface area contributed by atoms with Crippen molar-refractivity contribution in [2.24, 2.45) is 0 Å². The minimum Gasteiger partial charge on any atom is -0.386 e. The first kappa shape index (κ1) is 11.9. The molecule has 0 spiro atoms. The van der Waals surface area contributed by atoms with Gasteiger partial charge in [0.05, 0.1) is 24.7 Å². The van der Waals surface area contributed by atoms with Gasteiger partial charge in [-0.15, -0.1) is 0 Å². The zero-order valence-corrected chi connectivity index (χ0v) is 10.0. The van der Waals surface area contributed by atoms with E-state index in [4.69, 9.17) is 0 Å². The molecule has 0 aromatic heterocycles. The van der Waals surface area contributed by atoms with Gasteiger partial charge >= 0.3 is 0 Å². The van der Waals surface area contributed by atoms with Crippen LogP contribution in [0.5, 0.6) is 0 Å². The molecule has 0 radical (unpaired) electrons. The lowest BCUT2D eigenvalue weighted by Gasteiger charge is -2.48. The van der Waals surface area contributed by atoms with Crippen LogP contribution in [0.1, 0.15) is 39.0 Å². The molecule has 1 amide bonds. The molecule has 0 unspecified atom stereocenters. The van der Waals surface area contributed by atoms with Gasteiger partial charge in [0, 0.05) is 0 Å². The third-order valence-corrected chi connectivity index (χ3v) is 3.61. The van der Waals surface area contributed by atoms with Crippen molar-refractivity contribution in [2.45, 2.75) is 50.7 Å². The number of β-amino-alcohol motifs (C(OH)–C–C–N with tert-alkyl or cyclic N) is 1. The normalized spacial score (nSPS) is 28.6. The number of aliphatic hydroxyl groups is 1. The molecule has 4 heteroatoms. The molecular weight excluding hydrogens is 204 g/mol. The van der Waals surface area contributed by atoms with Crippen LogP contribution in [0.3, 0.4) is 0 Å². The lowest BCUT2D eigenvalue weighted by molar-refractivity contribution is -0.159. The second kappa shape index (κ2) is 4.72. The van der Waals surface area contributed by atoms with E-state index in [1.807, 2.05) is 0 Å². The molecule has 0 saturated carbocycles. The van der Waals surface area contributed by atoms with Gasteiger partial charge < -0.3 is 15.3 Å². The average Bonchev–Trinajstić information content (AvgIpc) is 2.26. The van der Waals surface area contributed by atoms with Crippen molar-refractivity contribution in [1.82, 2.24) is 10.2 Å². The number of amides is 1. The zero-order chi connectivity index (χ0) is 11.6. The Morgan fingerprint density at radius 3 is 2.81 bits per heavy atom. The number of carbonyl (C=O) groups excluding carboxylic acids is 1. The van der Waals surface area contributed by atoms with E-state index >= 15 is 0 Å². The molecule has 92 valence electrons. The van der Waals surface area contributed by atoms with Gasteiger partial charge in [-0.2, -0.15) is 0 Å². The summed E-state index contributed by atoms with van der Waals surface area (Å²) >= 11 is 0. The van der Waals surface area contributed by atoms with Crippen molar-refractivity contribution in [1.29, 1.82) is 0 Å². The Hall–Kier alpha value is -0.610. The van der Waals surface area contributed by atoms with E-state index in [0.29, 0.717) is 13.1 Å². The van der Waals surface area contributed by atoms with Gasteiger partial charge in [-0.3, -0.25) is 4.79 Å². The van der Waals surface area contributed by atoms with Gasteiger partial charge in [-0.25, -0.2) is 0 Å². The molecule has 2 aliphatic heterocycles. The number of hydrogen-bond donors (Lipinski definition) is 2. The summed E-state index contributed by atoms with van der Waals surface area (Å²) in [6, 6.07) is -0.0000680. The topological polar surface area (TPSA) is 52.6 Å². The number of piperidine rings is 1. The molecule has 0 aliphatic carbocycles. The van der Waals surface area contributed by atoms with E-state index in [0.717, 1.165) is 32.2 Å². The Morgan fingerprint density at radius 1 is 1.50 bits per heavy atom. The predicted octanol–water partition coefficient (Wildman–Crippen LogP) is 0.502. The third kappa shape index (κ3) is 2.38. The highest BCUT2D eigenvalue weighted by Crippen LogP contribution is 2.27. The SMILES string of the molecule is CCCC1(O)CN(C(=O)[C@@H]2CCCCN2)C1. The van der Waals surface area contributed by atoms with Crippen LogP contribution in [-0.4, -0.2) is 47.2 Å². The molecule has 1 atom stereocenters. The average molecular weight is 226 g/mol. The molecule has 4 nitrogen and oxygen atoms in total. The summed E-state index contributed by atoms with van der Waals surface area (Å²) in [6.07, 6.45) is 5.02. The molecule has 16 heavy (non-hydrogen) atoms. The summed E-state index contributed by atoms with van der Waals surface area (Å²) in [6.45, 7) is 4.06. The van der Waals surface area contributed by atoms with E-state index in [-0.39, 0.29) is 11.9 Å². The monoisotopic (exact) mass is 226 g/mol. The van der Waals surface area contributed by atoms with Crippen molar-refractivity contribution in [3.05, 3.63) is 0 Å². The fourth-order valence-electron chi connectivity index (χ4n) is 2.73. The Balaban J connectivity index is 1.80. The fraction of sp³-hybridized carbons (Fsp3) is 0.917. The van der Waals surface area contributed by atoms with E-state index in [1.54, 1.807) is 4.90 Å². The van der Waals surface area contributed by atoms with Crippen molar-refractivity contribution < 1.29 is 9.90 Å². The Labute approximate surface area is 97.0 Å². The highest BCUT2D eigenvalue weighted by atomic mass is 16.3. The summed E-state index contributed by atoms with van der Waals surface area (Å²) in [5.74, 6) is 0.181. The highest BCUT2D eigenvalue weighted by Gasteiger charge is 2.44. The number of rotatable bonds is 3. The third-order valence-electron chi connectivity index (χ3n) is 3.61. The standard InChI is InChI=1S/C12H22N2O2/c1-2-6-12(16)8-14(9-12)11(15)10-5-3-4-7-13-10/h10,13,16H,2-9H2,1H3/t10-/m0/s1. The van der Waals surface area contributed by atoms with Gasteiger partial charge in [0.25, 0.3) is 0 Å². The molecule has 0 aromatic carbocycles. The molecule has 2 aliphatic rings. The second-order valence-electron chi connectivity index (χ2n) is 5.17. The molecular formula is C12H22N2O2. The van der Waals surface area contributed by atoms with E-state index in [1.165, 1.54) is 6.42 Å². The number of likely N-dealkylation sites (tertiary alicyclic amines) is 1. The number of carbonyl (C=O) groups is 1. The van der Waals surface area contributed by atoms with Crippen LogP contribution in [0.2, 0.25) is 0 Å². The smallest absolute Gasteiger partial charge is 0.239 e. The van der Waals surface area contributed by atoms with Crippen molar-refractivity contribution in [3.8, 4) is 0 Å². The Bertz CT molecular complexity index is 256. The van der Waals surface area contributed by atoms with E-state index < -0.39 is 5.60 Å². The van der Waals surface area contributed by atoms with Crippen molar-refractivity contribution in [3.63, 3.8) is 0 Å². The van der Waals surface area contributed by atoms with Crippen LogP contribution in [0.15, 0.2) is 0 Å². The van der Waals surface area contributed by atoms with E-state index in [2.05, 4.69) is 12.2 Å². The van der Waals surface area contributed by atoms with Crippen LogP contribution in [0, 0.1) is 0 Å². The van der Waals surface area contributed by atoms with Crippen LogP contribution >= 0.6 is 0 Å². The van der Waals surface area contributed by atoms with Crippen LogP contribution in [0.4, 0.5) is 0 Å². The minimum atomic E-state index is -0.598. The molecule has 2 fully saturated rings. The largest absolute Gasteiger partial charge is 0.386 e. The van der Waals surface area contributed by atoms with Gasteiger partial charge in [0.15, 0.2) is 0 Å². The maximum atomic E-state index is 12.0. The lowest BCUT2D eigenvalue weighted by atomic mass is 9.88. The van der Waals surface area contributed by atoms with Crippen molar-refractivity contribution in [2.75, 3.05) is 19.6 Å². The predicted molar refractivity (Wildman–Crippen MR) is 62.1 cm³/mol. The summed E-state index contributed by atoms with van der Waals surface area (Å²) < 4.78 is 0. The number of nitrogens with one attached hydrogen (secondary N) is 1. The first-order valence-corrected chi connectivity index (χ1v) is 6.39. The molecule has 2 heterocycles. The van der Waals surface area contributed by atoms with Gasteiger partial charge in [-0.1, -0.05) is 19.8 Å². The minimum absolute atomic E-state index is 0.0000680. The molecule has 0 aromatic rings. The summed E-state index contributed by atoms with van der Waals surface area (Å²) in [5.41, 5.74) is -0.598. The summed E-state index contributed by atoms with van der Waals surface area (Å²) in [4.78, 5) is 13.8. The maximum Gasteiger partial charge on any atom is 0.239 e. The maximum absolute atomic E-state index is 12.0. The second-order valence-corrected chi connectivity index (χ2v) is 5.17. The van der Waals surface area contributed by atoms with Crippen LogP contribution in [-0.2, 0) is 4.79 Å². The van der Waals surface area contributed by atoms with Gasteiger partial charge in [0.2, 0.25) is 5.91 Å². The number of hydrogen-bond acceptors (Lipinski definition) is 3.